The van der Waals surface area contributed by atoms with Crippen LogP contribution < -0.4 is 5.32 Å². The normalized spacial score (nSPS) is 17.8. The number of aliphatic carboxylic acids is 1. The highest BCUT2D eigenvalue weighted by Gasteiger charge is 2.26. The molecule has 0 aromatic carbocycles. The van der Waals surface area contributed by atoms with Crippen molar-refractivity contribution in [3.8, 4) is 0 Å². The minimum Gasteiger partial charge on any atom is -0.481 e. The highest BCUT2D eigenvalue weighted by atomic mass is 16.4. The van der Waals surface area contributed by atoms with E-state index in [2.05, 4.69) is 5.32 Å². The first kappa shape index (κ1) is 9.52. The number of rotatable bonds is 5. The number of carboxylic acid groups (broad SMARTS) is 1. The zero-order valence-corrected chi connectivity index (χ0v) is 7.76. The molecule has 0 atom stereocenters. The molecule has 0 radical (unpaired) electrons. The predicted molar refractivity (Wildman–Crippen MR) is 47.1 cm³/mol. The molecule has 70 valence electrons. The van der Waals surface area contributed by atoms with Crippen LogP contribution in [0.3, 0.4) is 0 Å². The first-order valence-electron chi connectivity index (χ1n) is 4.45. The van der Waals surface area contributed by atoms with Gasteiger partial charge in [0.15, 0.2) is 0 Å². The molecule has 1 aliphatic rings. The first-order valence-corrected chi connectivity index (χ1v) is 4.45. The molecule has 1 saturated carbocycles. The molecule has 0 bridgehead atoms. The molecule has 0 aliphatic heterocycles. The van der Waals surface area contributed by atoms with E-state index in [0.29, 0.717) is 6.04 Å². The largest absolute Gasteiger partial charge is 0.481 e. The van der Waals surface area contributed by atoms with Crippen molar-refractivity contribution in [1.82, 2.24) is 5.32 Å². The van der Waals surface area contributed by atoms with Crippen LogP contribution in [0.15, 0.2) is 0 Å². The molecule has 0 aromatic rings. The quantitative estimate of drug-likeness (QED) is 0.654. The summed E-state index contributed by atoms with van der Waals surface area (Å²) in [5, 5.41) is 11.9. The van der Waals surface area contributed by atoms with Gasteiger partial charge in [0.05, 0.1) is 6.42 Å². The van der Waals surface area contributed by atoms with Crippen molar-refractivity contribution in [2.24, 2.45) is 5.41 Å². The van der Waals surface area contributed by atoms with Gasteiger partial charge < -0.3 is 10.4 Å². The third-order valence-corrected chi connectivity index (χ3v) is 2.08. The Morgan fingerprint density at radius 2 is 2.17 bits per heavy atom. The first-order chi connectivity index (χ1) is 5.49. The van der Waals surface area contributed by atoms with E-state index in [1.165, 1.54) is 12.8 Å². The maximum Gasteiger partial charge on any atom is 0.303 e. The molecule has 3 heteroatoms. The van der Waals surface area contributed by atoms with Gasteiger partial charge in [-0.05, 0) is 18.3 Å². The third kappa shape index (κ3) is 3.72. The lowest BCUT2D eigenvalue weighted by molar-refractivity contribution is -0.139. The van der Waals surface area contributed by atoms with E-state index < -0.39 is 5.97 Å². The molecule has 2 N–H and O–H groups in total. The Morgan fingerprint density at radius 1 is 1.58 bits per heavy atom. The number of hydrogen-bond acceptors (Lipinski definition) is 2. The summed E-state index contributed by atoms with van der Waals surface area (Å²) >= 11 is 0. The van der Waals surface area contributed by atoms with E-state index in [1.807, 2.05) is 13.8 Å². The molecule has 12 heavy (non-hydrogen) atoms. The molecule has 1 aliphatic carbocycles. The van der Waals surface area contributed by atoms with E-state index in [1.54, 1.807) is 0 Å². The van der Waals surface area contributed by atoms with Crippen LogP contribution in [0.25, 0.3) is 0 Å². The van der Waals surface area contributed by atoms with Crippen LogP contribution in [-0.4, -0.2) is 23.7 Å². The number of hydrogen-bond donors (Lipinski definition) is 2. The highest BCUT2D eigenvalue weighted by molar-refractivity contribution is 5.67. The Labute approximate surface area is 73.2 Å². The Morgan fingerprint density at radius 3 is 2.58 bits per heavy atom. The van der Waals surface area contributed by atoms with Crippen molar-refractivity contribution in [3.05, 3.63) is 0 Å². The predicted octanol–water partition coefficient (Wildman–Crippen LogP) is 1.24. The third-order valence-electron chi connectivity index (χ3n) is 2.08. The van der Waals surface area contributed by atoms with Gasteiger partial charge in [-0.2, -0.15) is 0 Å². The molecule has 0 heterocycles. The molecule has 0 saturated heterocycles. The van der Waals surface area contributed by atoms with Crippen molar-refractivity contribution in [3.63, 3.8) is 0 Å². The van der Waals surface area contributed by atoms with Crippen LogP contribution >= 0.6 is 0 Å². The van der Waals surface area contributed by atoms with Crippen LogP contribution in [-0.2, 0) is 4.79 Å². The molecular weight excluding hydrogens is 154 g/mol. The van der Waals surface area contributed by atoms with Gasteiger partial charge in [-0.1, -0.05) is 13.8 Å². The molecule has 1 fully saturated rings. The lowest BCUT2D eigenvalue weighted by Crippen LogP contribution is -2.32. The second kappa shape index (κ2) is 3.44. The summed E-state index contributed by atoms with van der Waals surface area (Å²) in [5.74, 6) is -0.711. The Hall–Kier alpha value is -0.570. The Bertz CT molecular complexity index is 173. The fraction of sp³-hybridized carbons (Fsp3) is 0.889. The summed E-state index contributed by atoms with van der Waals surface area (Å²) in [7, 11) is 0. The standard InChI is InChI=1S/C9H17NO2/c1-9(2,5-8(11)12)6-10-7-3-4-7/h7,10H,3-6H2,1-2H3,(H,11,12). The maximum atomic E-state index is 10.4. The van der Waals surface area contributed by atoms with E-state index in [-0.39, 0.29) is 11.8 Å². The van der Waals surface area contributed by atoms with Crippen molar-refractivity contribution >= 4 is 5.97 Å². The Balaban J connectivity index is 2.20. The smallest absolute Gasteiger partial charge is 0.303 e. The van der Waals surface area contributed by atoms with E-state index in [4.69, 9.17) is 5.11 Å². The van der Waals surface area contributed by atoms with Crippen LogP contribution in [0, 0.1) is 5.41 Å². The van der Waals surface area contributed by atoms with Crippen molar-refractivity contribution in [1.29, 1.82) is 0 Å². The lowest BCUT2D eigenvalue weighted by Gasteiger charge is -2.22. The summed E-state index contributed by atoms with van der Waals surface area (Å²) in [4.78, 5) is 10.4. The van der Waals surface area contributed by atoms with Gasteiger partial charge in [0.25, 0.3) is 0 Å². The van der Waals surface area contributed by atoms with Gasteiger partial charge in [0.1, 0.15) is 0 Å². The molecule has 0 spiro atoms. The molecular formula is C9H17NO2. The fourth-order valence-electron chi connectivity index (χ4n) is 1.18. The summed E-state index contributed by atoms with van der Waals surface area (Å²) in [6.45, 7) is 4.77. The van der Waals surface area contributed by atoms with E-state index >= 15 is 0 Å². The summed E-state index contributed by atoms with van der Waals surface area (Å²) in [6.07, 6.45) is 2.75. The van der Waals surface area contributed by atoms with Gasteiger partial charge in [-0.3, -0.25) is 4.79 Å². The summed E-state index contributed by atoms with van der Waals surface area (Å²) in [5.41, 5.74) is -0.117. The van der Waals surface area contributed by atoms with Gasteiger partial charge in [0.2, 0.25) is 0 Å². The SMILES string of the molecule is CC(C)(CNC1CC1)CC(=O)O. The second-order valence-corrected chi connectivity index (χ2v) is 4.39. The zero-order chi connectivity index (χ0) is 9.19. The van der Waals surface area contributed by atoms with Gasteiger partial charge in [0, 0.05) is 12.6 Å². The van der Waals surface area contributed by atoms with Crippen LogP contribution in [0.5, 0.6) is 0 Å². The maximum absolute atomic E-state index is 10.4. The molecule has 3 nitrogen and oxygen atoms in total. The minimum atomic E-state index is -0.711. The summed E-state index contributed by atoms with van der Waals surface area (Å²) < 4.78 is 0. The lowest BCUT2D eigenvalue weighted by atomic mass is 9.89. The molecule has 0 amide bonds. The van der Waals surface area contributed by atoms with Crippen molar-refractivity contribution < 1.29 is 9.90 Å². The van der Waals surface area contributed by atoms with Crippen molar-refractivity contribution in [2.75, 3.05) is 6.54 Å². The molecule has 0 unspecified atom stereocenters. The van der Waals surface area contributed by atoms with E-state index in [0.717, 1.165) is 6.54 Å². The average Bonchev–Trinajstić information content (AvgIpc) is 2.62. The molecule has 0 aromatic heterocycles. The van der Waals surface area contributed by atoms with Gasteiger partial charge in [-0.15, -0.1) is 0 Å². The van der Waals surface area contributed by atoms with Crippen LogP contribution in [0.2, 0.25) is 0 Å². The number of nitrogens with one attached hydrogen (secondary N) is 1. The monoisotopic (exact) mass is 171 g/mol. The van der Waals surface area contributed by atoms with Gasteiger partial charge >= 0.3 is 5.97 Å². The minimum absolute atomic E-state index is 0.117. The van der Waals surface area contributed by atoms with Crippen molar-refractivity contribution in [2.45, 2.75) is 39.2 Å². The summed E-state index contributed by atoms with van der Waals surface area (Å²) in [6, 6.07) is 0.665. The highest BCUT2D eigenvalue weighted by Crippen LogP contribution is 2.23. The number of carbonyl (C=O) groups is 1. The fourth-order valence-corrected chi connectivity index (χ4v) is 1.18. The second-order valence-electron chi connectivity index (χ2n) is 4.39. The topological polar surface area (TPSA) is 49.3 Å². The van der Waals surface area contributed by atoms with E-state index in [9.17, 15) is 4.79 Å². The zero-order valence-electron chi connectivity index (χ0n) is 7.76. The molecule has 1 rings (SSSR count). The average molecular weight is 171 g/mol. The Kier molecular flexibility index (Phi) is 2.73. The van der Waals surface area contributed by atoms with Crippen LogP contribution in [0.4, 0.5) is 0 Å². The van der Waals surface area contributed by atoms with Crippen LogP contribution in [0.1, 0.15) is 33.1 Å². The van der Waals surface area contributed by atoms with Gasteiger partial charge in [-0.25, -0.2) is 0 Å². The number of carboxylic acids is 1.